The first kappa shape index (κ1) is 12.9. The SMILES string of the molecule is c1ccc2[nH]c(Sc3ccc(CNC4CC4)cn3)nc2c1. The molecule has 5 heteroatoms. The molecule has 2 N–H and O–H groups in total. The maximum atomic E-state index is 4.55. The summed E-state index contributed by atoms with van der Waals surface area (Å²) in [5, 5.41) is 5.34. The first-order valence-electron chi connectivity index (χ1n) is 7.18. The molecule has 21 heavy (non-hydrogen) atoms. The molecule has 2 aromatic heterocycles. The predicted octanol–water partition coefficient (Wildman–Crippen LogP) is 3.36. The minimum atomic E-state index is 0.731. The van der Waals surface area contributed by atoms with Gasteiger partial charge in [-0.3, -0.25) is 0 Å². The van der Waals surface area contributed by atoms with Gasteiger partial charge in [-0.1, -0.05) is 18.2 Å². The average molecular weight is 296 g/mol. The molecule has 4 rings (SSSR count). The topological polar surface area (TPSA) is 53.6 Å². The molecule has 1 aromatic carbocycles. The highest BCUT2D eigenvalue weighted by atomic mass is 32.2. The fourth-order valence-electron chi connectivity index (χ4n) is 2.20. The van der Waals surface area contributed by atoms with E-state index in [1.807, 2.05) is 30.5 Å². The Bertz CT molecular complexity index is 713. The van der Waals surface area contributed by atoms with E-state index in [-0.39, 0.29) is 0 Å². The van der Waals surface area contributed by atoms with E-state index in [9.17, 15) is 0 Å². The van der Waals surface area contributed by atoms with Crippen molar-refractivity contribution in [3.63, 3.8) is 0 Å². The van der Waals surface area contributed by atoms with E-state index in [4.69, 9.17) is 0 Å². The van der Waals surface area contributed by atoms with Gasteiger partial charge < -0.3 is 10.3 Å². The van der Waals surface area contributed by atoms with E-state index in [2.05, 4.69) is 32.4 Å². The molecule has 1 aliphatic carbocycles. The first-order chi connectivity index (χ1) is 10.4. The Kier molecular flexibility index (Phi) is 3.37. The number of aromatic amines is 1. The van der Waals surface area contributed by atoms with Crippen LogP contribution >= 0.6 is 11.8 Å². The summed E-state index contributed by atoms with van der Waals surface area (Å²) < 4.78 is 0. The highest BCUT2D eigenvalue weighted by Gasteiger charge is 2.19. The molecule has 1 fully saturated rings. The monoisotopic (exact) mass is 296 g/mol. The number of hydrogen-bond acceptors (Lipinski definition) is 4. The zero-order valence-corrected chi connectivity index (χ0v) is 12.4. The molecular formula is C16H16N4S. The smallest absolute Gasteiger partial charge is 0.172 e. The number of nitrogens with zero attached hydrogens (tertiary/aromatic N) is 2. The predicted molar refractivity (Wildman–Crippen MR) is 84.3 cm³/mol. The number of benzene rings is 1. The van der Waals surface area contributed by atoms with E-state index < -0.39 is 0 Å². The van der Waals surface area contributed by atoms with Gasteiger partial charge in [0, 0.05) is 18.8 Å². The van der Waals surface area contributed by atoms with Crippen LogP contribution in [0.3, 0.4) is 0 Å². The van der Waals surface area contributed by atoms with Crippen molar-refractivity contribution >= 4 is 22.8 Å². The number of imidazole rings is 1. The summed E-state index contributed by atoms with van der Waals surface area (Å²) in [6.45, 7) is 0.910. The second-order valence-electron chi connectivity index (χ2n) is 5.32. The van der Waals surface area contributed by atoms with E-state index >= 15 is 0 Å². The van der Waals surface area contributed by atoms with Gasteiger partial charge >= 0.3 is 0 Å². The molecule has 0 amide bonds. The van der Waals surface area contributed by atoms with Crippen LogP contribution in [0.4, 0.5) is 0 Å². The molecule has 4 nitrogen and oxygen atoms in total. The van der Waals surface area contributed by atoms with E-state index in [1.54, 1.807) is 11.8 Å². The summed E-state index contributed by atoms with van der Waals surface area (Å²) in [6, 6.07) is 13.0. The van der Waals surface area contributed by atoms with Gasteiger partial charge in [0.15, 0.2) is 5.16 Å². The molecule has 0 unspecified atom stereocenters. The third kappa shape index (κ3) is 3.09. The van der Waals surface area contributed by atoms with Crippen LogP contribution in [-0.2, 0) is 6.54 Å². The van der Waals surface area contributed by atoms with Crippen LogP contribution in [0, 0.1) is 0 Å². The lowest BCUT2D eigenvalue weighted by Crippen LogP contribution is -2.15. The normalized spacial score (nSPS) is 14.7. The molecule has 0 spiro atoms. The van der Waals surface area contributed by atoms with Crippen molar-refractivity contribution in [3.8, 4) is 0 Å². The van der Waals surface area contributed by atoms with Crippen molar-refractivity contribution in [2.45, 2.75) is 35.6 Å². The highest BCUT2D eigenvalue weighted by molar-refractivity contribution is 7.99. The number of rotatable bonds is 5. The lowest BCUT2D eigenvalue weighted by atomic mass is 10.3. The largest absolute Gasteiger partial charge is 0.333 e. The van der Waals surface area contributed by atoms with Crippen LogP contribution in [0.2, 0.25) is 0 Å². The first-order valence-corrected chi connectivity index (χ1v) is 7.99. The van der Waals surface area contributed by atoms with Crippen LogP contribution in [0.1, 0.15) is 18.4 Å². The minimum absolute atomic E-state index is 0.731. The van der Waals surface area contributed by atoms with E-state index in [0.717, 1.165) is 33.8 Å². The van der Waals surface area contributed by atoms with Crippen molar-refractivity contribution in [3.05, 3.63) is 48.2 Å². The van der Waals surface area contributed by atoms with E-state index in [1.165, 1.54) is 18.4 Å². The zero-order valence-electron chi connectivity index (χ0n) is 11.5. The maximum absolute atomic E-state index is 4.55. The van der Waals surface area contributed by atoms with Gasteiger partial charge in [-0.15, -0.1) is 0 Å². The molecule has 1 aliphatic rings. The highest BCUT2D eigenvalue weighted by Crippen LogP contribution is 2.25. The molecular weight excluding hydrogens is 280 g/mol. The molecule has 2 heterocycles. The van der Waals surface area contributed by atoms with Crippen LogP contribution in [0.15, 0.2) is 52.8 Å². The fraction of sp³-hybridized carbons (Fsp3) is 0.250. The number of fused-ring (bicyclic) bond motifs is 1. The summed E-state index contributed by atoms with van der Waals surface area (Å²) in [5.41, 5.74) is 3.28. The lowest BCUT2D eigenvalue weighted by Gasteiger charge is -2.03. The minimum Gasteiger partial charge on any atom is -0.333 e. The Labute approximate surface area is 127 Å². The van der Waals surface area contributed by atoms with Gasteiger partial charge in [-0.2, -0.15) is 0 Å². The molecule has 0 bridgehead atoms. The van der Waals surface area contributed by atoms with Crippen LogP contribution < -0.4 is 5.32 Å². The lowest BCUT2D eigenvalue weighted by molar-refractivity contribution is 0.685. The third-order valence-corrected chi connectivity index (χ3v) is 4.38. The molecule has 0 atom stereocenters. The molecule has 3 aromatic rings. The van der Waals surface area contributed by atoms with Crippen molar-refractivity contribution < 1.29 is 0 Å². The average Bonchev–Trinajstić information content (AvgIpc) is 3.25. The fourth-order valence-corrected chi connectivity index (χ4v) is 2.95. The number of hydrogen-bond donors (Lipinski definition) is 2. The quantitative estimate of drug-likeness (QED) is 0.758. The van der Waals surface area contributed by atoms with Crippen molar-refractivity contribution in [2.75, 3.05) is 0 Å². The van der Waals surface area contributed by atoms with Crippen molar-refractivity contribution in [1.29, 1.82) is 0 Å². The van der Waals surface area contributed by atoms with Gasteiger partial charge in [0.25, 0.3) is 0 Å². The second kappa shape index (κ2) is 5.50. The van der Waals surface area contributed by atoms with Gasteiger partial charge in [0.2, 0.25) is 0 Å². The number of aromatic nitrogens is 3. The summed E-state index contributed by atoms with van der Waals surface area (Å²) in [5.74, 6) is 0. The molecule has 0 aliphatic heterocycles. The van der Waals surface area contributed by atoms with Gasteiger partial charge in [-0.25, -0.2) is 9.97 Å². The Morgan fingerprint density at radius 1 is 1.19 bits per heavy atom. The summed E-state index contributed by atoms with van der Waals surface area (Å²) >= 11 is 1.56. The second-order valence-corrected chi connectivity index (χ2v) is 6.33. The van der Waals surface area contributed by atoms with Crippen molar-refractivity contribution in [2.24, 2.45) is 0 Å². The standard InChI is InChI=1S/C16H16N4S/c1-2-4-14-13(3-1)19-16(20-14)21-15-8-5-11(10-18-15)9-17-12-6-7-12/h1-5,8,10,12,17H,6-7,9H2,(H,19,20). The Hall–Kier alpha value is -1.85. The molecule has 106 valence electrons. The molecule has 0 radical (unpaired) electrons. The van der Waals surface area contributed by atoms with Gasteiger partial charge in [0.1, 0.15) is 5.03 Å². The maximum Gasteiger partial charge on any atom is 0.172 e. The molecule has 1 saturated carbocycles. The Balaban J connectivity index is 1.45. The molecule has 0 saturated heterocycles. The number of H-pyrrole nitrogens is 1. The van der Waals surface area contributed by atoms with E-state index in [0.29, 0.717) is 0 Å². The van der Waals surface area contributed by atoms with Crippen molar-refractivity contribution in [1.82, 2.24) is 20.3 Å². The summed E-state index contributed by atoms with van der Waals surface area (Å²) in [4.78, 5) is 12.4. The number of para-hydroxylation sites is 2. The third-order valence-electron chi connectivity index (χ3n) is 3.54. The summed E-state index contributed by atoms with van der Waals surface area (Å²) in [6.07, 6.45) is 4.57. The van der Waals surface area contributed by atoms with Crippen LogP contribution in [0.5, 0.6) is 0 Å². The van der Waals surface area contributed by atoms with Gasteiger partial charge in [0.05, 0.1) is 11.0 Å². The number of pyridine rings is 1. The summed E-state index contributed by atoms with van der Waals surface area (Å²) in [7, 11) is 0. The zero-order chi connectivity index (χ0) is 14.1. The van der Waals surface area contributed by atoms with Crippen LogP contribution in [0.25, 0.3) is 11.0 Å². The van der Waals surface area contributed by atoms with Gasteiger partial charge in [-0.05, 0) is 48.4 Å². The Morgan fingerprint density at radius 3 is 2.86 bits per heavy atom. The van der Waals surface area contributed by atoms with Crippen LogP contribution in [-0.4, -0.2) is 21.0 Å². The Morgan fingerprint density at radius 2 is 2.10 bits per heavy atom. The number of nitrogens with one attached hydrogen (secondary N) is 2.